The molecule has 0 saturated carbocycles. The maximum atomic E-state index is 12.7. The average Bonchev–Trinajstić information content (AvgIpc) is 3.09. The van der Waals surface area contributed by atoms with Gasteiger partial charge in [0.25, 0.3) is 5.91 Å². The molecule has 1 aromatic carbocycles. The van der Waals surface area contributed by atoms with Gasteiger partial charge in [-0.05, 0) is 62.6 Å². The first-order chi connectivity index (χ1) is 14.0. The third kappa shape index (κ3) is 6.05. The zero-order valence-corrected chi connectivity index (χ0v) is 18.0. The Balaban J connectivity index is 1.52. The molecule has 0 aliphatic carbocycles. The van der Waals surface area contributed by atoms with Crippen LogP contribution in [0.2, 0.25) is 0 Å². The fourth-order valence-corrected chi connectivity index (χ4v) is 4.46. The second-order valence-electron chi connectivity index (χ2n) is 7.61. The van der Waals surface area contributed by atoms with Crippen molar-refractivity contribution >= 4 is 29.0 Å². The van der Waals surface area contributed by atoms with Crippen LogP contribution in [0.15, 0.2) is 41.8 Å². The van der Waals surface area contributed by atoms with Gasteiger partial charge < -0.3 is 20.4 Å². The minimum atomic E-state index is -0.250. The molecular weight excluding hydrogens is 384 g/mol. The fraction of sp³-hybridized carbons (Fsp3) is 0.455. The molecule has 3 amide bonds. The van der Waals surface area contributed by atoms with E-state index in [2.05, 4.69) is 21.6 Å². The number of amides is 3. The van der Waals surface area contributed by atoms with E-state index in [4.69, 9.17) is 0 Å². The van der Waals surface area contributed by atoms with Gasteiger partial charge in [-0.15, -0.1) is 11.3 Å². The standard InChI is InChI=1S/C22H30N4O2S/c1-25(2)19(20-8-7-15-29-20)16-23-22(28)24-18-11-9-17(10-12-18)21(27)26-13-5-3-4-6-14-26/h7-12,15,19H,3-6,13-14,16H2,1-2H3,(H2,23,24,28)/t19-/m0/s1. The van der Waals surface area contributed by atoms with Crippen molar-refractivity contribution in [2.75, 3.05) is 39.0 Å². The molecule has 3 rings (SSSR count). The first kappa shape index (κ1) is 21.3. The summed E-state index contributed by atoms with van der Waals surface area (Å²) in [4.78, 5) is 30.2. The van der Waals surface area contributed by atoms with E-state index < -0.39 is 0 Å². The number of likely N-dealkylation sites (N-methyl/N-ethyl adjacent to an activating group) is 1. The van der Waals surface area contributed by atoms with Gasteiger partial charge in [-0.25, -0.2) is 4.79 Å². The van der Waals surface area contributed by atoms with Gasteiger partial charge in [-0.1, -0.05) is 18.9 Å². The van der Waals surface area contributed by atoms with E-state index in [1.165, 1.54) is 17.7 Å². The molecule has 6 nitrogen and oxygen atoms in total. The van der Waals surface area contributed by atoms with Crippen molar-refractivity contribution in [3.8, 4) is 0 Å². The second-order valence-corrected chi connectivity index (χ2v) is 8.59. The van der Waals surface area contributed by atoms with Crippen LogP contribution >= 0.6 is 11.3 Å². The number of nitrogens with zero attached hydrogens (tertiary/aromatic N) is 2. The summed E-state index contributed by atoms with van der Waals surface area (Å²) in [6, 6.07) is 11.1. The molecule has 1 aliphatic heterocycles. The number of anilines is 1. The summed E-state index contributed by atoms with van der Waals surface area (Å²) in [5, 5.41) is 7.83. The number of carbonyl (C=O) groups is 2. The molecule has 1 saturated heterocycles. The lowest BCUT2D eigenvalue weighted by Gasteiger charge is -2.23. The highest BCUT2D eigenvalue weighted by Crippen LogP contribution is 2.22. The van der Waals surface area contributed by atoms with E-state index in [9.17, 15) is 9.59 Å². The van der Waals surface area contributed by atoms with Gasteiger partial charge in [0.1, 0.15) is 0 Å². The number of carbonyl (C=O) groups excluding carboxylic acids is 2. The maximum absolute atomic E-state index is 12.7. The number of urea groups is 1. The van der Waals surface area contributed by atoms with Crippen LogP contribution < -0.4 is 10.6 Å². The number of rotatable bonds is 6. The van der Waals surface area contributed by atoms with Crippen molar-refractivity contribution in [1.82, 2.24) is 15.1 Å². The lowest BCUT2D eigenvalue weighted by atomic mass is 10.1. The normalized spacial score (nSPS) is 15.6. The first-order valence-electron chi connectivity index (χ1n) is 10.2. The molecule has 1 aromatic heterocycles. The lowest BCUT2D eigenvalue weighted by Crippen LogP contribution is -2.36. The van der Waals surface area contributed by atoms with E-state index in [-0.39, 0.29) is 18.0 Å². The third-order valence-corrected chi connectivity index (χ3v) is 6.21. The van der Waals surface area contributed by atoms with Crippen LogP contribution in [0.5, 0.6) is 0 Å². The topological polar surface area (TPSA) is 64.7 Å². The van der Waals surface area contributed by atoms with Crippen LogP contribution in [-0.2, 0) is 0 Å². The van der Waals surface area contributed by atoms with Gasteiger partial charge in [-0.2, -0.15) is 0 Å². The average molecular weight is 415 g/mol. The molecule has 0 bridgehead atoms. The molecule has 2 heterocycles. The minimum Gasteiger partial charge on any atom is -0.339 e. The number of hydrogen-bond acceptors (Lipinski definition) is 4. The molecule has 1 aliphatic rings. The smallest absolute Gasteiger partial charge is 0.319 e. The predicted molar refractivity (Wildman–Crippen MR) is 119 cm³/mol. The summed E-state index contributed by atoms with van der Waals surface area (Å²) in [5.41, 5.74) is 1.34. The van der Waals surface area contributed by atoms with Gasteiger partial charge in [0, 0.05) is 35.8 Å². The summed E-state index contributed by atoms with van der Waals surface area (Å²) in [7, 11) is 4.01. The molecule has 0 radical (unpaired) electrons. The van der Waals surface area contributed by atoms with Crippen molar-refractivity contribution in [2.24, 2.45) is 0 Å². The van der Waals surface area contributed by atoms with Crippen molar-refractivity contribution in [1.29, 1.82) is 0 Å². The summed E-state index contributed by atoms with van der Waals surface area (Å²) in [5.74, 6) is 0.0766. The van der Waals surface area contributed by atoms with Crippen molar-refractivity contribution < 1.29 is 9.59 Å². The van der Waals surface area contributed by atoms with E-state index in [1.54, 1.807) is 35.6 Å². The Kier molecular flexibility index (Phi) is 7.66. The second kappa shape index (κ2) is 10.4. The summed E-state index contributed by atoms with van der Waals surface area (Å²) < 4.78 is 0. The van der Waals surface area contributed by atoms with E-state index in [0.29, 0.717) is 17.8 Å². The molecule has 2 aromatic rings. The zero-order chi connectivity index (χ0) is 20.6. The SMILES string of the molecule is CN(C)[C@@H](CNC(=O)Nc1ccc(C(=O)N2CCCCCC2)cc1)c1cccs1. The Bertz CT molecular complexity index is 782. The van der Waals surface area contributed by atoms with E-state index >= 15 is 0 Å². The van der Waals surface area contributed by atoms with E-state index in [1.807, 2.05) is 30.4 Å². The molecule has 7 heteroatoms. The van der Waals surface area contributed by atoms with Gasteiger partial charge in [-0.3, -0.25) is 4.79 Å². The number of thiophene rings is 1. The monoisotopic (exact) mass is 414 g/mol. The molecular formula is C22H30N4O2S. The number of hydrogen-bond donors (Lipinski definition) is 2. The summed E-state index contributed by atoms with van der Waals surface area (Å²) in [6.45, 7) is 2.18. The largest absolute Gasteiger partial charge is 0.339 e. The Morgan fingerprint density at radius 1 is 1.07 bits per heavy atom. The molecule has 29 heavy (non-hydrogen) atoms. The van der Waals surface area contributed by atoms with Crippen LogP contribution in [-0.4, -0.2) is 55.5 Å². The lowest BCUT2D eigenvalue weighted by molar-refractivity contribution is 0.0761. The highest BCUT2D eigenvalue weighted by Gasteiger charge is 2.18. The highest BCUT2D eigenvalue weighted by molar-refractivity contribution is 7.10. The van der Waals surface area contributed by atoms with Crippen LogP contribution in [0.25, 0.3) is 0 Å². The van der Waals surface area contributed by atoms with Crippen molar-refractivity contribution in [3.05, 3.63) is 52.2 Å². The number of likely N-dealkylation sites (tertiary alicyclic amines) is 1. The molecule has 156 valence electrons. The Morgan fingerprint density at radius 3 is 2.34 bits per heavy atom. The molecule has 1 fully saturated rings. The van der Waals surface area contributed by atoms with Gasteiger partial charge in [0.05, 0.1) is 6.04 Å². The van der Waals surface area contributed by atoms with Gasteiger partial charge >= 0.3 is 6.03 Å². The summed E-state index contributed by atoms with van der Waals surface area (Å²) in [6.07, 6.45) is 4.54. The molecule has 1 atom stereocenters. The Hall–Kier alpha value is -2.38. The Labute approximate surface area is 176 Å². The number of nitrogens with one attached hydrogen (secondary N) is 2. The molecule has 2 N–H and O–H groups in total. The van der Waals surface area contributed by atoms with Crippen molar-refractivity contribution in [3.63, 3.8) is 0 Å². The molecule has 0 spiro atoms. The third-order valence-electron chi connectivity index (χ3n) is 5.23. The predicted octanol–water partition coefficient (Wildman–Crippen LogP) is 4.19. The Morgan fingerprint density at radius 2 is 1.76 bits per heavy atom. The van der Waals surface area contributed by atoms with E-state index in [0.717, 1.165) is 25.9 Å². The summed E-state index contributed by atoms with van der Waals surface area (Å²) >= 11 is 1.68. The highest BCUT2D eigenvalue weighted by atomic mass is 32.1. The first-order valence-corrected chi connectivity index (χ1v) is 11.1. The van der Waals surface area contributed by atoms with Crippen molar-refractivity contribution in [2.45, 2.75) is 31.7 Å². The molecule has 0 unspecified atom stereocenters. The van der Waals surface area contributed by atoms with Crippen LogP contribution in [0.3, 0.4) is 0 Å². The number of benzene rings is 1. The van der Waals surface area contributed by atoms with Crippen LogP contribution in [0, 0.1) is 0 Å². The minimum absolute atomic E-state index is 0.0766. The van der Waals surface area contributed by atoms with Gasteiger partial charge in [0.2, 0.25) is 0 Å². The fourth-order valence-electron chi connectivity index (χ4n) is 3.54. The zero-order valence-electron chi connectivity index (χ0n) is 17.2. The van der Waals surface area contributed by atoms with Crippen LogP contribution in [0.1, 0.15) is 47.0 Å². The van der Waals surface area contributed by atoms with Gasteiger partial charge in [0.15, 0.2) is 0 Å². The maximum Gasteiger partial charge on any atom is 0.319 e. The van der Waals surface area contributed by atoms with Crippen LogP contribution in [0.4, 0.5) is 10.5 Å². The quantitative estimate of drug-likeness (QED) is 0.745.